The number of rotatable bonds is 5. The molecule has 4 nitrogen and oxygen atoms in total. The first kappa shape index (κ1) is 19.0. The fraction of sp³-hybridized carbons (Fsp3) is 0.0952. The lowest BCUT2D eigenvalue weighted by atomic mass is 9.99. The minimum Gasteiger partial charge on any atom is -0.369 e. The summed E-state index contributed by atoms with van der Waals surface area (Å²) in [6.45, 7) is 2.02. The number of hydrogen-bond acceptors (Lipinski definition) is 4. The predicted molar refractivity (Wildman–Crippen MR) is 109 cm³/mol. The third kappa shape index (κ3) is 4.48. The first-order chi connectivity index (χ1) is 13.0. The van der Waals surface area contributed by atoms with Crippen molar-refractivity contribution >= 4 is 29.3 Å². The summed E-state index contributed by atoms with van der Waals surface area (Å²) >= 11 is 7.17. The molecule has 1 heterocycles. The van der Waals surface area contributed by atoms with Gasteiger partial charge in [-0.1, -0.05) is 65.3 Å². The summed E-state index contributed by atoms with van der Waals surface area (Å²) in [6, 6.07) is 19.4. The van der Waals surface area contributed by atoms with E-state index in [2.05, 4.69) is 11.1 Å². The van der Waals surface area contributed by atoms with Crippen molar-refractivity contribution in [3.05, 3.63) is 70.7 Å². The van der Waals surface area contributed by atoms with Gasteiger partial charge in [-0.25, -0.2) is 4.98 Å². The molecule has 1 aromatic heterocycles. The molecule has 0 aliphatic carbocycles. The summed E-state index contributed by atoms with van der Waals surface area (Å²) in [5, 5.41) is 10.8. The van der Waals surface area contributed by atoms with Crippen molar-refractivity contribution < 1.29 is 4.79 Å². The SMILES string of the molecule is Cc1ccc(-c2cc(-c3ccc(Cl)cc3)c(C#N)c(SCC(N)=O)n2)cc1. The number of nitrogens with zero attached hydrogens (tertiary/aromatic N) is 2. The summed E-state index contributed by atoms with van der Waals surface area (Å²) in [5.41, 5.74) is 10.1. The number of aryl methyl sites for hydroxylation is 1. The van der Waals surface area contributed by atoms with Crippen LogP contribution in [0.5, 0.6) is 0 Å². The van der Waals surface area contributed by atoms with Gasteiger partial charge in [-0.2, -0.15) is 5.26 Å². The van der Waals surface area contributed by atoms with Crippen molar-refractivity contribution in [1.29, 1.82) is 5.26 Å². The highest BCUT2D eigenvalue weighted by Gasteiger charge is 2.16. The van der Waals surface area contributed by atoms with E-state index in [0.717, 1.165) is 27.9 Å². The summed E-state index contributed by atoms with van der Waals surface area (Å²) in [7, 11) is 0. The largest absolute Gasteiger partial charge is 0.369 e. The number of carbonyl (C=O) groups is 1. The van der Waals surface area contributed by atoms with Crippen LogP contribution in [-0.2, 0) is 4.79 Å². The molecule has 0 spiro atoms. The van der Waals surface area contributed by atoms with Gasteiger partial charge in [0.2, 0.25) is 5.91 Å². The average molecular weight is 394 g/mol. The molecule has 6 heteroatoms. The normalized spacial score (nSPS) is 10.4. The van der Waals surface area contributed by atoms with Crippen LogP contribution in [0.4, 0.5) is 0 Å². The van der Waals surface area contributed by atoms with E-state index in [4.69, 9.17) is 17.3 Å². The number of thioether (sulfide) groups is 1. The molecule has 2 N–H and O–H groups in total. The molecule has 0 unspecified atom stereocenters. The predicted octanol–water partition coefficient (Wildman–Crippen LogP) is 4.83. The average Bonchev–Trinajstić information content (AvgIpc) is 2.66. The Bertz CT molecular complexity index is 1030. The quantitative estimate of drug-likeness (QED) is 0.630. The van der Waals surface area contributed by atoms with Crippen LogP contribution in [-0.4, -0.2) is 16.6 Å². The van der Waals surface area contributed by atoms with E-state index >= 15 is 0 Å². The first-order valence-corrected chi connectivity index (χ1v) is 9.53. The second-order valence-corrected chi connectivity index (χ2v) is 7.38. The third-order valence-electron chi connectivity index (χ3n) is 3.95. The lowest BCUT2D eigenvalue weighted by Gasteiger charge is -2.12. The van der Waals surface area contributed by atoms with Gasteiger partial charge in [-0.3, -0.25) is 4.79 Å². The number of halogens is 1. The molecule has 134 valence electrons. The molecule has 2 aromatic carbocycles. The number of primary amides is 1. The zero-order valence-corrected chi connectivity index (χ0v) is 16.1. The number of aromatic nitrogens is 1. The van der Waals surface area contributed by atoms with Crippen LogP contribution < -0.4 is 5.73 Å². The van der Waals surface area contributed by atoms with E-state index in [0.29, 0.717) is 15.6 Å². The Hall–Kier alpha value is -2.81. The van der Waals surface area contributed by atoms with Crippen molar-refractivity contribution in [2.45, 2.75) is 11.9 Å². The van der Waals surface area contributed by atoms with E-state index in [1.54, 1.807) is 12.1 Å². The lowest BCUT2D eigenvalue weighted by molar-refractivity contribution is -0.115. The van der Waals surface area contributed by atoms with Crippen molar-refractivity contribution in [2.24, 2.45) is 5.73 Å². The Morgan fingerprint density at radius 3 is 2.37 bits per heavy atom. The standard InChI is InChI=1S/C21H16ClN3OS/c1-13-2-4-15(5-3-13)19-10-17(14-6-8-16(22)9-7-14)18(11-23)21(25-19)27-12-20(24)26/h2-10H,12H2,1H3,(H2,24,26). The van der Waals surface area contributed by atoms with Crippen LogP contribution in [0.1, 0.15) is 11.1 Å². The second-order valence-electron chi connectivity index (χ2n) is 5.97. The van der Waals surface area contributed by atoms with E-state index in [1.165, 1.54) is 11.8 Å². The molecule has 0 bridgehead atoms. The Labute approximate surface area is 167 Å². The van der Waals surface area contributed by atoms with Gasteiger partial charge in [0.05, 0.1) is 17.0 Å². The Morgan fingerprint density at radius 2 is 1.78 bits per heavy atom. The van der Waals surface area contributed by atoms with E-state index in [1.807, 2.05) is 49.4 Å². The summed E-state index contributed by atoms with van der Waals surface area (Å²) in [5.74, 6) is -0.404. The van der Waals surface area contributed by atoms with Gasteiger partial charge in [0.25, 0.3) is 0 Å². The van der Waals surface area contributed by atoms with Gasteiger partial charge in [0.1, 0.15) is 11.1 Å². The fourth-order valence-corrected chi connectivity index (χ4v) is 3.47. The molecule has 0 fully saturated rings. The molecule has 3 aromatic rings. The van der Waals surface area contributed by atoms with Crippen molar-refractivity contribution in [3.8, 4) is 28.5 Å². The van der Waals surface area contributed by atoms with Crippen LogP contribution in [0, 0.1) is 18.3 Å². The molecule has 0 saturated carbocycles. The zero-order valence-electron chi connectivity index (χ0n) is 14.6. The second kappa shape index (κ2) is 8.26. The van der Waals surface area contributed by atoms with Gasteiger partial charge in [0, 0.05) is 16.1 Å². The number of nitrogens with two attached hydrogens (primary N) is 1. The monoisotopic (exact) mass is 393 g/mol. The smallest absolute Gasteiger partial charge is 0.227 e. The number of benzene rings is 2. The first-order valence-electron chi connectivity index (χ1n) is 8.17. The van der Waals surface area contributed by atoms with Gasteiger partial charge in [-0.05, 0) is 30.7 Å². The summed E-state index contributed by atoms with van der Waals surface area (Å²) < 4.78 is 0. The van der Waals surface area contributed by atoms with Gasteiger partial charge < -0.3 is 5.73 Å². The van der Waals surface area contributed by atoms with Crippen LogP contribution in [0.15, 0.2) is 59.6 Å². The van der Waals surface area contributed by atoms with Crippen LogP contribution in [0.3, 0.4) is 0 Å². The van der Waals surface area contributed by atoms with Gasteiger partial charge in [-0.15, -0.1) is 0 Å². The Kier molecular flexibility index (Phi) is 5.80. The molecular formula is C21H16ClN3OS. The lowest BCUT2D eigenvalue weighted by Crippen LogP contribution is -2.13. The van der Waals surface area contributed by atoms with Crippen LogP contribution in [0.25, 0.3) is 22.4 Å². The Balaban J connectivity index is 2.20. The van der Waals surface area contributed by atoms with Gasteiger partial charge >= 0.3 is 0 Å². The molecule has 1 amide bonds. The highest BCUT2D eigenvalue weighted by Crippen LogP contribution is 2.34. The number of pyridine rings is 1. The van der Waals surface area contributed by atoms with E-state index in [9.17, 15) is 10.1 Å². The van der Waals surface area contributed by atoms with Gasteiger partial charge in [0.15, 0.2) is 0 Å². The summed E-state index contributed by atoms with van der Waals surface area (Å²) in [6.07, 6.45) is 0. The molecule has 0 radical (unpaired) electrons. The molecule has 0 aliphatic heterocycles. The topological polar surface area (TPSA) is 79.8 Å². The molecule has 3 rings (SSSR count). The van der Waals surface area contributed by atoms with Crippen molar-refractivity contribution in [2.75, 3.05) is 5.75 Å². The molecule has 27 heavy (non-hydrogen) atoms. The van der Waals surface area contributed by atoms with Crippen molar-refractivity contribution in [1.82, 2.24) is 4.98 Å². The minimum absolute atomic E-state index is 0.0547. The van der Waals surface area contributed by atoms with Crippen LogP contribution >= 0.6 is 23.4 Å². The van der Waals surface area contributed by atoms with E-state index in [-0.39, 0.29) is 5.75 Å². The molecule has 0 aliphatic rings. The van der Waals surface area contributed by atoms with E-state index < -0.39 is 5.91 Å². The fourth-order valence-electron chi connectivity index (χ4n) is 2.60. The van der Waals surface area contributed by atoms with Crippen LogP contribution in [0.2, 0.25) is 5.02 Å². The highest BCUT2D eigenvalue weighted by molar-refractivity contribution is 8.00. The highest BCUT2D eigenvalue weighted by atomic mass is 35.5. The maximum absolute atomic E-state index is 11.2. The number of hydrogen-bond donors (Lipinski definition) is 1. The molecule has 0 atom stereocenters. The Morgan fingerprint density at radius 1 is 1.15 bits per heavy atom. The minimum atomic E-state index is -0.459. The summed E-state index contributed by atoms with van der Waals surface area (Å²) in [4.78, 5) is 15.9. The number of amides is 1. The maximum atomic E-state index is 11.2. The molecular weight excluding hydrogens is 378 g/mol. The zero-order chi connectivity index (χ0) is 19.4. The third-order valence-corrected chi connectivity index (χ3v) is 5.20. The molecule has 0 saturated heterocycles. The number of carbonyl (C=O) groups excluding carboxylic acids is 1. The maximum Gasteiger partial charge on any atom is 0.227 e. The number of nitriles is 1. The van der Waals surface area contributed by atoms with Crippen molar-refractivity contribution in [3.63, 3.8) is 0 Å².